The van der Waals surface area contributed by atoms with Gasteiger partial charge in [-0.2, -0.15) is 0 Å². The van der Waals surface area contributed by atoms with E-state index in [1.807, 2.05) is 0 Å². The van der Waals surface area contributed by atoms with Crippen molar-refractivity contribution in [3.05, 3.63) is 59.2 Å². The third-order valence-electron chi connectivity index (χ3n) is 2.56. The molecule has 2 rings (SSSR count). The second kappa shape index (κ2) is 4.45. The van der Waals surface area contributed by atoms with Gasteiger partial charge in [-0.1, -0.05) is 18.2 Å². The molecule has 0 fully saturated rings. The lowest BCUT2D eigenvalue weighted by atomic mass is 10.0. The van der Waals surface area contributed by atoms with Crippen LogP contribution in [-0.2, 0) is 0 Å². The third kappa shape index (κ3) is 2.23. The van der Waals surface area contributed by atoms with Gasteiger partial charge in [0.2, 0.25) is 0 Å². The molecule has 0 saturated carbocycles. The molecule has 1 nitrogen and oxygen atoms in total. The minimum Gasteiger partial charge on any atom is -0.298 e. The first-order valence-electron chi connectivity index (χ1n) is 5.13. The van der Waals surface area contributed by atoms with Gasteiger partial charge in [0.15, 0.2) is 6.29 Å². The lowest BCUT2D eigenvalue weighted by Gasteiger charge is -2.05. The molecule has 0 aliphatic heterocycles. The van der Waals surface area contributed by atoms with E-state index in [4.69, 9.17) is 0 Å². The van der Waals surface area contributed by atoms with Crippen LogP contribution >= 0.6 is 0 Å². The zero-order chi connectivity index (χ0) is 12.4. The zero-order valence-corrected chi connectivity index (χ0v) is 9.21. The van der Waals surface area contributed by atoms with Crippen molar-refractivity contribution in [3.8, 4) is 11.1 Å². The van der Waals surface area contributed by atoms with Gasteiger partial charge in [-0.25, -0.2) is 8.78 Å². The van der Waals surface area contributed by atoms with Gasteiger partial charge in [-0.15, -0.1) is 0 Å². The van der Waals surface area contributed by atoms with Gasteiger partial charge in [0, 0.05) is 5.56 Å². The first kappa shape index (κ1) is 11.5. The van der Waals surface area contributed by atoms with Crippen LogP contribution in [0.4, 0.5) is 8.78 Å². The van der Waals surface area contributed by atoms with E-state index in [1.54, 1.807) is 19.1 Å². The van der Waals surface area contributed by atoms with Crippen molar-refractivity contribution in [2.24, 2.45) is 0 Å². The van der Waals surface area contributed by atoms with Gasteiger partial charge in [0.25, 0.3) is 0 Å². The summed E-state index contributed by atoms with van der Waals surface area (Å²) in [5, 5.41) is 0. The maximum Gasteiger partial charge on any atom is 0.152 e. The summed E-state index contributed by atoms with van der Waals surface area (Å²) in [4.78, 5) is 10.5. The summed E-state index contributed by atoms with van der Waals surface area (Å²) in [5.74, 6) is -1.04. The van der Waals surface area contributed by atoms with Crippen LogP contribution in [0.5, 0.6) is 0 Å². The summed E-state index contributed by atoms with van der Waals surface area (Å²) < 4.78 is 27.1. The minimum atomic E-state index is -0.641. The smallest absolute Gasteiger partial charge is 0.152 e. The molecule has 0 aliphatic rings. The molecule has 0 bridgehead atoms. The average molecular weight is 232 g/mol. The fraction of sp³-hybridized carbons (Fsp3) is 0.0714. The van der Waals surface area contributed by atoms with E-state index in [0.717, 1.165) is 11.6 Å². The standard InChI is InChI=1S/C14H10F2O/c1-9-2-5-12(14(16)6-9)10-3-4-11(8-17)13(15)7-10/h2-8H,1H3. The van der Waals surface area contributed by atoms with Gasteiger partial charge in [0.1, 0.15) is 11.6 Å². The number of aldehydes is 1. The SMILES string of the molecule is Cc1ccc(-c2ccc(C=O)c(F)c2)c(F)c1. The minimum absolute atomic E-state index is 0.0266. The number of carbonyl (C=O) groups is 1. The van der Waals surface area contributed by atoms with Crippen LogP contribution in [0.15, 0.2) is 36.4 Å². The van der Waals surface area contributed by atoms with Crippen LogP contribution < -0.4 is 0 Å². The Kier molecular flexibility index (Phi) is 3.00. The van der Waals surface area contributed by atoms with Crippen LogP contribution in [-0.4, -0.2) is 6.29 Å². The molecule has 86 valence electrons. The van der Waals surface area contributed by atoms with Crippen molar-refractivity contribution in [2.45, 2.75) is 6.92 Å². The molecule has 0 heterocycles. The van der Waals surface area contributed by atoms with E-state index in [1.165, 1.54) is 18.2 Å². The number of hydrogen-bond donors (Lipinski definition) is 0. The van der Waals surface area contributed by atoms with Crippen LogP contribution in [0.3, 0.4) is 0 Å². The molecule has 0 N–H and O–H groups in total. The van der Waals surface area contributed by atoms with Gasteiger partial charge < -0.3 is 0 Å². The molecule has 0 aromatic heterocycles. The van der Waals surface area contributed by atoms with E-state index < -0.39 is 11.6 Å². The van der Waals surface area contributed by atoms with Crippen molar-refractivity contribution in [3.63, 3.8) is 0 Å². The van der Waals surface area contributed by atoms with Crippen molar-refractivity contribution >= 4 is 6.29 Å². The number of halogens is 2. The Hall–Kier alpha value is -2.03. The molecule has 17 heavy (non-hydrogen) atoms. The second-order valence-electron chi connectivity index (χ2n) is 3.84. The molecule has 0 spiro atoms. The van der Waals surface area contributed by atoms with E-state index in [2.05, 4.69) is 0 Å². The Labute approximate surface area is 97.7 Å². The van der Waals surface area contributed by atoms with Crippen LogP contribution in [0.2, 0.25) is 0 Å². The molecule has 0 atom stereocenters. The molecular formula is C14H10F2O. The maximum absolute atomic E-state index is 13.7. The number of aryl methyl sites for hydroxylation is 1. The first-order chi connectivity index (χ1) is 8.11. The monoisotopic (exact) mass is 232 g/mol. The van der Waals surface area contributed by atoms with E-state index in [9.17, 15) is 13.6 Å². The highest BCUT2D eigenvalue weighted by Gasteiger charge is 2.08. The van der Waals surface area contributed by atoms with E-state index >= 15 is 0 Å². The van der Waals surface area contributed by atoms with Gasteiger partial charge >= 0.3 is 0 Å². The lowest BCUT2D eigenvalue weighted by molar-refractivity contribution is 0.112. The summed E-state index contributed by atoms with van der Waals surface area (Å²) in [6.45, 7) is 1.78. The van der Waals surface area contributed by atoms with E-state index in [0.29, 0.717) is 17.4 Å². The van der Waals surface area contributed by atoms with Gasteiger partial charge in [-0.3, -0.25) is 4.79 Å². The van der Waals surface area contributed by atoms with Crippen molar-refractivity contribution < 1.29 is 13.6 Å². The largest absolute Gasteiger partial charge is 0.298 e. The quantitative estimate of drug-likeness (QED) is 0.720. The van der Waals surface area contributed by atoms with Crippen molar-refractivity contribution in [1.29, 1.82) is 0 Å². The van der Waals surface area contributed by atoms with Gasteiger partial charge in [0.05, 0.1) is 5.56 Å². The third-order valence-corrected chi connectivity index (χ3v) is 2.56. The molecule has 2 aromatic rings. The number of carbonyl (C=O) groups excluding carboxylic acids is 1. The molecule has 0 radical (unpaired) electrons. The normalized spacial score (nSPS) is 10.3. The Bertz CT molecular complexity index is 576. The van der Waals surface area contributed by atoms with Gasteiger partial charge in [-0.05, 0) is 36.2 Å². The fourth-order valence-corrected chi connectivity index (χ4v) is 1.64. The molecule has 3 heteroatoms. The molecule has 0 aliphatic carbocycles. The zero-order valence-electron chi connectivity index (χ0n) is 9.21. The summed E-state index contributed by atoms with van der Waals surface area (Å²) in [5.41, 5.74) is 1.52. The van der Waals surface area contributed by atoms with Crippen molar-refractivity contribution in [2.75, 3.05) is 0 Å². The van der Waals surface area contributed by atoms with Crippen LogP contribution in [0.1, 0.15) is 15.9 Å². The number of benzene rings is 2. The summed E-state index contributed by atoms with van der Waals surface area (Å²) in [6.07, 6.45) is 0.435. The second-order valence-corrected chi connectivity index (χ2v) is 3.84. The molecule has 2 aromatic carbocycles. The topological polar surface area (TPSA) is 17.1 Å². The predicted octanol–water partition coefficient (Wildman–Crippen LogP) is 3.75. The number of rotatable bonds is 2. The Morgan fingerprint density at radius 1 is 1.00 bits per heavy atom. The van der Waals surface area contributed by atoms with E-state index in [-0.39, 0.29) is 5.56 Å². The highest BCUT2D eigenvalue weighted by Crippen LogP contribution is 2.25. The Balaban J connectivity index is 2.53. The molecular weight excluding hydrogens is 222 g/mol. The highest BCUT2D eigenvalue weighted by molar-refractivity contribution is 5.77. The Morgan fingerprint density at radius 3 is 2.35 bits per heavy atom. The van der Waals surface area contributed by atoms with Crippen LogP contribution in [0.25, 0.3) is 11.1 Å². The highest BCUT2D eigenvalue weighted by atomic mass is 19.1. The summed E-state index contributed by atoms with van der Waals surface area (Å²) >= 11 is 0. The first-order valence-corrected chi connectivity index (χ1v) is 5.13. The molecule has 0 unspecified atom stereocenters. The van der Waals surface area contributed by atoms with Crippen molar-refractivity contribution in [1.82, 2.24) is 0 Å². The predicted molar refractivity (Wildman–Crippen MR) is 61.9 cm³/mol. The summed E-state index contributed by atoms with van der Waals surface area (Å²) in [6, 6.07) is 8.78. The fourth-order valence-electron chi connectivity index (χ4n) is 1.64. The number of hydrogen-bond acceptors (Lipinski definition) is 1. The summed E-state index contributed by atoms with van der Waals surface area (Å²) in [7, 11) is 0. The molecule has 0 amide bonds. The average Bonchev–Trinajstić information content (AvgIpc) is 2.29. The van der Waals surface area contributed by atoms with Crippen LogP contribution in [0, 0.1) is 18.6 Å². The Morgan fingerprint density at radius 2 is 1.76 bits per heavy atom. The molecule has 0 saturated heterocycles. The lowest BCUT2D eigenvalue weighted by Crippen LogP contribution is -1.91. The maximum atomic E-state index is 13.7.